The van der Waals surface area contributed by atoms with Crippen LogP contribution in [0.15, 0.2) is 23.2 Å². The van der Waals surface area contributed by atoms with Crippen LogP contribution >= 0.6 is 24.0 Å². The highest BCUT2D eigenvalue weighted by molar-refractivity contribution is 14.0. The Labute approximate surface area is 150 Å². The molecule has 1 fully saturated rings. The number of nitrogens with one attached hydrogen (secondary N) is 2. The molecular formula is C16H27IN4O. The maximum atomic E-state index is 5.13. The summed E-state index contributed by atoms with van der Waals surface area (Å²) in [5, 5.41) is 6.74. The van der Waals surface area contributed by atoms with Gasteiger partial charge in [0.25, 0.3) is 0 Å². The number of nitrogens with zero attached hydrogens (tertiary/aromatic N) is 2. The van der Waals surface area contributed by atoms with Gasteiger partial charge in [0.2, 0.25) is 5.88 Å². The number of hydrogen-bond donors (Lipinski definition) is 2. The normalized spacial score (nSPS) is 16.2. The molecule has 2 rings (SSSR count). The lowest BCUT2D eigenvalue weighted by atomic mass is 9.67. The van der Waals surface area contributed by atoms with E-state index < -0.39 is 0 Å². The van der Waals surface area contributed by atoms with E-state index in [-0.39, 0.29) is 24.0 Å². The predicted molar refractivity (Wildman–Crippen MR) is 101 cm³/mol. The van der Waals surface area contributed by atoms with Crippen molar-refractivity contribution >= 4 is 29.9 Å². The minimum atomic E-state index is 0. The minimum Gasteiger partial charge on any atom is -0.481 e. The van der Waals surface area contributed by atoms with Crippen LogP contribution in [0.2, 0.25) is 0 Å². The van der Waals surface area contributed by atoms with E-state index in [1.165, 1.54) is 25.7 Å². The van der Waals surface area contributed by atoms with E-state index in [4.69, 9.17) is 4.74 Å². The van der Waals surface area contributed by atoms with Crippen LogP contribution in [0.25, 0.3) is 0 Å². The topological polar surface area (TPSA) is 58.5 Å². The monoisotopic (exact) mass is 418 g/mol. The molecule has 1 aromatic heterocycles. The Bertz CT molecular complexity index is 483. The predicted octanol–water partition coefficient (Wildman–Crippen LogP) is 2.95. The van der Waals surface area contributed by atoms with E-state index >= 15 is 0 Å². The largest absolute Gasteiger partial charge is 0.481 e. The van der Waals surface area contributed by atoms with Gasteiger partial charge >= 0.3 is 0 Å². The molecule has 0 atom stereocenters. The summed E-state index contributed by atoms with van der Waals surface area (Å²) in [7, 11) is 3.43. The highest BCUT2D eigenvalue weighted by atomic mass is 127. The van der Waals surface area contributed by atoms with Crippen LogP contribution in [0.1, 0.15) is 38.3 Å². The molecule has 0 bridgehead atoms. The first-order chi connectivity index (χ1) is 10.2. The van der Waals surface area contributed by atoms with E-state index in [9.17, 15) is 0 Å². The molecule has 0 spiro atoms. The molecule has 1 aromatic rings. The first-order valence-electron chi connectivity index (χ1n) is 7.66. The number of halogens is 1. The van der Waals surface area contributed by atoms with Crippen LogP contribution in [-0.4, -0.2) is 31.6 Å². The van der Waals surface area contributed by atoms with Gasteiger partial charge in [0, 0.05) is 19.7 Å². The maximum absolute atomic E-state index is 5.13. The summed E-state index contributed by atoms with van der Waals surface area (Å²) >= 11 is 0. The molecule has 5 nitrogen and oxygen atoms in total. The smallest absolute Gasteiger partial charge is 0.213 e. The SMILES string of the molecule is CCC1(CNC(=NC)NCc2cccc(OC)n2)CCC1.I. The quantitative estimate of drug-likeness (QED) is 0.424. The van der Waals surface area contributed by atoms with Gasteiger partial charge in [-0.1, -0.05) is 19.4 Å². The molecule has 0 aliphatic heterocycles. The van der Waals surface area contributed by atoms with Gasteiger partial charge in [-0.3, -0.25) is 4.99 Å². The van der Waals surface area contributed by atoms with Crippen LogP contribution in [0.3, 0.4) is 0 Å². The third-order valence-corrected chi connectivity index (χ3v) is 4.45. The highest BCUT2D eigenvalue weighted by Gasteiger charge is 2.34. The highest BCUT2D eigenvalue weighted by Crippen LogP contribution is 2.42. The second kappa shape index (κ2) is 9.17. The Morgan fingerprint density at radius 3 is 2.68 bits per heavy atom. The Morgan fingerprint density at radius 2 is 2.14 bits per heavy atom. The lowest BCUT2D eigenvalue weighted by molar-refractivity contribution is 0.131. The van der Waals surface area contributed by atoms with Gasteiger partial charge in [-0.2, -0.15) is 0 Å². The van der Waals surface area contributed by atoms with Crippen molar-refractivity contribution in [1.29, 1.82) is 0 Å². The Hall–Kier alpha value is -1.05. The molecule has 2 N–H and O–H groups in total. The number of hydrogen-bond acceptors (Lipinski definition) is 3. The fraction of sp³-hybridized carbons (Fsp3) is 0.625. The molecule has 0 amide bonds. The maximum Gasteiger partial charge on any atom is 0.213 e. The summed E-state index contributed by atoms with van der Waals surface area (Å²) in [5.74, 6) is 1.47. The lowest BCUT2D eigenvalue weighted by Gasteiger charge is -2.41. The summed E-state index contributed by atoms with van der Waals surface area (Å²) in [4.78, 5) is 8.66. The zero-order valence-electron chi connectivity index (χ0n) is 13.7. The molecule has 1 heterocycles. The van der Waals surface area contributed by atoms with E-state index in [2.05, 4.69) is 27.5 Å². The van der Waals surface area contributed by atoms with Crippen molar-refractivity contribution < 1.29 is 4.74 Å². The number of guanidine groups is 1. The average molecular weight is 418 g/mol. The molecule has 1 saturated carbocycles. The Balaban J connectivity index is 0.00000242. The number of aromatic nitrogens is 1. The molecule has 0 saturated heterocycles. The molecule has 1 aliphatic carbocycles. The van der Waals surface area contributed by atoms with Crippen molar-refractivity contribution in [2.24, 2.45) is 10.4 Å². The van der Waals surface area contributed by atoms with E-state index in [1.54, 1.807) is 14.2 Å². The third kappa shape index (κ3) is 5.00. The molecule has 0 aromatic carbocycles. The van der Waals surface area contributed by atoms with Crippen molar-refractivity contribution in [2.45, 2.75) is 39.2 Å². The fourth-order valence-electron chi connectivity index (χ4n) is 2.67. The van der Waals surface area contributed by atoms with Crippen LogP contribution in [0.5, 0.6) is 5.88 Å². The van der Waals surface area contributed by atoms with Gasteiger partial charge in [0.05, 0.1) is 19.3 Å². The van der Waals surface area contributed by atoms with Crippen molar-refractivity contribution in [3.63, 3.8) is 0 Å². The zero-order valence-corrected chi connectivity index (χ0v) is 16.0. The first-order valence-corrected chi connectivity index (χ1v) is 7.66. The summed E-state index contributed by atoms with van der Waals surface area (Å²) in [5.41, 5.74) is 1.41. The average Bonchev–Trinajstić information content (AvgIpc) is 2.49. The first kappa shape index (κ1) is 19.0. The van der Waals surface area contributed by atoms with Gasteiger partial charge in [0.15, 0.2) is 5.96 Å². The molecule has 1 aliphatic rings. The van der Waals surface area contributed by atoms with Crippen molar-refractivity contribution in [3.8, 4) is 5.88 Å². The summed E-state index contributed by atoms with van der Waals surface area (Å²) in [6, 6.07) is 5.76. The second-order valence-electron chi connectivity index (χ2n) is 5.66. The molecule has 6 heteroatoms. The molecule has 0 radical (unpaired) electrons. The number of ether oxygens (including phenoxy) is 1. The van der Waals surface area contributed by atoms with E-state index in [0.717, 1.165) is 18.2 Å². The van der Waals surface area contributed by atoms with Gasteiger partial charge in [-0.05, 0) is 30.7 Å². The van der Waals surface area contributed by atoms with Crippen molar-refractivity contribution in [3.05, 3.63) is 23.9 Å². The van der Waals surface area contributed by atoms with Crippen molar-refractivity contribution in [2.75, 3.05) is 20.7 Å². The molecule has 0 unspecified atom stereocenters. The van der Waals surface area contributed by atoms with Gasteiger partial charge in [-0.25, -0.2) is 4.98 Å². The lowest BCUT2D eigenvalue weighted by Crippen LogP contribution is -2.46. The van der Waals surface area contributed by atoms with Crippen LogP contribution in [0, 0.1) is 5.41 Å². The summed E-state index contributed by atoms with van der Waals surface area (Å²) in [6.45, 7) is 3.90. The van der Waals surface area contributed by atoms with Crippen molar-refractivity contribution in [1.82, 2.24) is 15.6 Å². The number of pyridine rings is 1. The van der Waals surface area contributed by atoms with Crippen LogP contribution in [0.4, 0.5) is 0 Å². The Kier molecular flexibility index (Phi) is 7.92. The number of rotatable bonds is 6. The van der Waals surface area contributed by atoms with Crippen LogP contribution in [-0.2, 0) is 6.54 Å². The second-order valence-corrected chi connectivity index (χ2v) is 5.66. The van der Waals surface area contributed by atoms with Crippen LogP contribution < -0.4 is 15.4 Å². The summed E-state index contributed by atoms with van der Waals surface area (Å²) < 4.78 is 5.13. The minimum absolute atomic E-state index is 0. The number of aliphatic imine (C=N–C) groups is 1. The number of methoxy groups -OCH3 is 1. The molecule has 124 valence electrons. The molecular weight excluding hydrogens is 391 g/mol. The third-order valence-electron chi connectivity index (χ3n) is 4.45. The Morgan fingerprint density at radius 1 is 1.36 bits per heavy atom. The van der Waals surface area contributed by atoms with E-state index in [1.807, 2.05) is 18.2 Å². The standard InChI is InChI=1S/C16H26N4O.HI/c1-4-16(9-6-10-16)12-19-15(17-2)18-11-13-7-5-8-14(20-13)21-3;/h5,7-8H,4,6,9-12H2,1-3H3,(H2,17,18,19);1H. The van der Waals surface area contributed by atoms with Gasteiger partial charge in [0.1, 0.15) is 0 Å². The van der Waals surface area contributed by atoms with E-state index in [0.29, 0.717) is 17.8 Å². The molecule has 22 heavy (non-hydrogen) atoms. The van der Waals surface area contributed by atoms with Gasteiger partial charge < -0.3 is 15.4 Å². The fourth-order valence-corrected chi connectivity index (χ4v) is 2.67. The zero-order chi connectivity index (χ0) is 15.1. The van der Waals surface area contributed by atoms with Gasteiger partial charge in [-0.15, -0.1) is 24.0 Å². The summed E-state index contributed by atoms with van der Waals surface area (Å²) in [6.07, 6.45) is 5.24.